The zero-order valence-electron chi connectivity index (χ0n) is 15.7. The third-order valence-corrected chi connectivity index (χ3v) is 5.47. The molecule has 1 saturated heterocycles. The van der Waals surface area contributed by atoms with Gasteiger partial charge in [0.2, 0.25) is 5.91 Å². The number of nitrogens with one attached hydrogen (secondary N) is 1. The lowest BCUT2D eigenvalue weighted by Gasteiger charge is -2.33. The number of nitriles is 1. The summed E-state index contributed by atoms with van der Waals surface area (Å²) in [5.74, 6) is 0.368. The van der Waals surface area contributed by atoms with E-state index >= 15 is 0 Å². The Morgan fingerprint density at radius 3 is 2.54 bits per heavy atom. The highest BCUT2D eigenvalue weighted by molar-refractivity contribution is 5.95. The Kier molecular flexibility index (Phi) is 5.12. The second kappa shape index (κ2) is 7.85. The standard InChI is InChI=1S/C23H23N3O2/c24-14-16-3-1-4-20(13-16)17-6-8-18(9-7-17)22(27)25-21-5-2-12-26(15-21)23(28)19-10-11-19/h1,3-4,6-9,13,19,21H,2,5,10-12,15H2,(H,25,27)/t21-/m0/s1. The lowest BCUT2D eigenvalue weighted by molar-refractivity contribution is -0.133. The highest BCUT2D eigenvalue weighted by Gasteiger charge is 2.35. The molecule has 0 bridgehead atoms. The Bertz CT molecular complexity index is 926. The molecule has 1 aliphatic carbocycles. The van der Waals surface area contributed by atoms with Crippen molar-refractivity contribution in [2.75, 3.05) is 13.1 Å². The fraction of sp³-hybridized carbons (Fsp3) is 0.348. The minimum atomic E-state index is -0.108. The first-order valence-corrected chi connectivity index (χ1v) is 9.84. The van der Waals surface area contributed by atoms with Crippen LogP contribution in [0.2, 0.25) is 0 Å². The van der Waals surface area contributed by atoms with Crippen LogP contribution in [0, 0.1) is 17.2 Å². The molecule has 0 spiro atoms. The maximum Gasteiger partial charge on any atom is 0.251 e. The van der Waals surface area contributed by atoms with E-state index in [9.17, 15) is 9.59 Å². The van der Waals surface area contributed by atoms with E-state index in [-0.39, 0.29) is 23.8 Å². The van der Waals surface area contributed by atoms with E-state index in [0.717, 1.165) is 43.4 Å². The number of piperidine rings is 1. The van der Waals surface area contributed by atoms with Crippen molar-refractivity contribution in [3.8, 4) is 17.2 Å². The van der Waals surface area contributed by atoms with E-state index in [4.69, 9.17) is 5.26 Å². The summed E-state index contributed by atoms with van der Waals surface area (Å²) < 4.78 is 0. The van der Waals surface area contributed by atoms with Crippen LogP contribution in [0.1, 0.15) is 41.6 Å². The third kappa shape index (κ3) is 4.07. The maximum absolute atomic E-state index is 12.6. The first-order valence-electron chi connectivity index (χ1n) is 9.84. The van der Waals surface area contributed by atoms with E-state index in [1.165, 1.54) is 0 Å². The van der Waals surface area contributed by atoms with Gasteiger partial charge in [0.15, 0.2) is 0 Å². The van der Waals surface area contributed by atoms with Gasteiger partial charge in [-0.1, -0.05) is 24.3 Å². The Hall–Kier alpha value is -3.13. The van der Waals surface area contributed by atoms with Crippen molar-refractivity contribution in [1.82, 2.24) is 10.2 Å². The molecular formula is C23H23N3O2. The van der Waals surface area contributed by atoms with Crippen molar-refractivity contribution in [2.24, 2.45) is 5.92 Å². The summed E-state index contributed by atoms with van der Waals surface area (Å²) in [6, 6.07) is 17.0. The second-order valence-electron chi connectivity index (χ2n) is 7.64. The van der Waals surface area contributed by atoms with Crippen LogP contribution < -0.4 is 5.32 Å². The van der Waals surface area contributed by atoms with Gasteiger partial charge in [-0.2, -0.15) is 5.26 Å². The number of hydrogen-bond donors (Lipinski definition) is 1. The molecule has 4 rings (SSSR count). The molecule has 0 radical (unpaired) electrons. The van der Waals surface area contributed by atoms with Crippen LogP contribution in [-0.2, 0) is 4.79 Å². The van der Waals surface area contributed by atoms with E-state index < -0.39 is 0 Å². The van der Waals surface area contributed by atoms with Crippen molar-refractivity contribution in [3.63, 3.8) is 0 Å². The highest BCUT2D eigenvalue weighted by atomic mass is 16.2. The Labute approximate surface area is 165 Å². The van der Waals surface area contributed by atoms with Crippen molar-refractivity contribution < 1.29 is 9.59 Å². The fourth-order valence-corrected chi connectivity index (χ4v) is 3.73. The summed E-state index contributed by atoms with van der Waals surface area (Å²) in [6.45, 7) is 1.41. The van der Waals surface area contributed by atoms with Gasteiger partial charge in [0.25, 0.3) is 5.91 Å². The molecule has 0 aromatic heterocycles. The van der Waals surface area contributed by atoms with Crippen LogP contribution in [0.3, 0.4) is 0 Å². The molecule has 2 aliphatic rings. The topological polar surface area (TPSA) is 73.2 Å². The number of benzene rings is 2. The van der Waals surface area contributed by atoms with Gasteiger partial charge in [-0.15, -0.1) is 0 Å². The molecule has 1 heterocycles. The normalized spacial score (nSPS) is 19.0. The summed E-state index contributed by atoms with van der Waals surface area (Å²) in [6.07, 6.45) is 3.85. The number of hydrogen-bond acceptors (Lipinski definition) is 3. The molecule has 1 atom stereocenters. The average Bonchev–Trinajstić information content (AvgIpc) is 3.59. The molecule has 1 N–H and O–H groups in total. The predicted molar refractivity (Wildman–Crippen MR) is 106 cm³/mol. The Morgan fingerprint density at radius 1 is 1.04 bits per heavy atom. The highest BCUT2D eigenvalue weighted by Crippen LogP contribution is 2.32. The first kappa shape index (κ1) is 18.2. The monoisotopic (exact) mass is 373 g/mol. The number of likely N-dealkylation sites (tertiary alicyclic amines) is 1. The number of nitrogens with zero attached hydrogens (tertiary/aromatic N) is 2. The largest absolute Gasteiger partial charge is 0.348 e. The van der Waals surface area contributed by atoms with E-state index in [0.29, 0.717) is 17.7 Å². The molecule has 142 valence electrons. The quantitative estimate of drug-likeness (QED) is 0.893. The molecule has 28 heavy (non-hydrogen) atoms. The summed E-state index contributed by atoms with van der Waals surface area (Å²) in [7, 11) is 0. The number of carbonyl (C=O) groups is 2. The molecule has 5 heteroatoms. The number of carbonyl (C=O) groups excluding carboxylic acids is 2. The second-order valence-corrected chi connectivity index (χ2v) is 7.64. The van der Waals surface area contributed by atoms with Gasteiger partial charge in [-0.3, -0.25) is 9.59 Å². The predicted octanol–water partition coefficient (Wildman–Crippen LogP) is 3.36. The van der Waals surface area contributed by atoms with Gasteiger partial charge in [-0.05, 0) is 61.1 Å². The van der Waals surface area contributed by atoms with E-state index in [1.54, 1.807) is 18.2 Å². The van der Waals surface area contributed by atoms with Gasteiger partial charge in [0.05, 0.1) is 11.6 Å². The zero-order valence-corrected chi connectivity index (χ0v) is 15.7. The van der Waals surface area contributed by atoms with Crippen molar-refractivity contribution in [3.05, 3.63) is 59.7 Å². The van der Waals surface area contributed by atoms with Crippen molar-refractivity contribution in [1.29, 1.82) is 5.26 Å². The summed E-state index contributed by atoms with van der Waals surface area (Å²) in [5.41, 5.74) is 3.13. The molecule has 2 aromatic rings. The van der Waals surface area contributed by atoms with Crippen LogP contribution in [0.5, 0.6) is 0 Å². The molecule has 5 nitrogen and oxygen atoms in total. The zero-order chi connectivity index (χ0) is 19.5. The SMILES string of the molecule is N#Cc1cccc(-c2ccc(C(=O)N[C@H]3CCCN(C(=O)C4CC4)C3)cc2)c1. The lowest BCUT2D eigenvalue weighted by atomic mass is 10.0. The number of amides is 2. The molecular weight excluding hydrogens is 350 g/mol. The minimum absolute atomic E-state index is 0.0101. The van der Waals surface area contributed by atoms with E-state index in [2.05, 4.69) is 11.4 Å². The van der Waals surface area contributed by atoms with Crippen LogP contribution in [0.25, 0.3) is 11.1 Å². The van der Waals surface area contributed by atoms with Crippen LogP contribution in [-0.4, -0.2) is 35.8 Å². The van der Waals surface area contributed by atoms with Gasteiger partial charge >= 0.3 is 0 Å². The van der Waals surface area contributed by atoms with Gasteiger partial charge in [0.1, 0.15) is 0 Å². The van der Waals surface area contributed by atoms with Crippen LogP contribution >= 0.6 is 0 Å². The third-order valence-electron chi connectivity index (χ3n) is 5.47. The molecule has 1 aliphatic heterocycles. The molecule has 0 unspecified atom stereocenters. The molecule has 2 fully saturated rings. The van der Waals surface area contributed by atoms with E-state index in [1.807, 2.05) is 35.2 Å². The van der Waals surface area contributed by atoms with Crippen LogP contribution in [0.4, 0.5) is 0 Å². The average molecular weight is 373 g/mol. The van der Waals surface area contributed by atoms with Gasteiger partial charge in [0, 0.05) is 30.6 Å². The Balaban J connectivity index is 1.39. The molecule has 2 aromatic carbocycles. The molecule has 1 saturated carbocycles. The Morgan fingerprint density at radius 2 is 1.82 bits per heavy atom. The summed E-state index contributed by atoms with van der Waals surface area (Å²) >= 11 is 0. The summed E-state index contributed by atoms with van der Waals surface area (Å²) in [5, 5.41) is 12.1. The fourth-order valence-electron chi connectivity index (χ4n) is 3.73. The maximum atomic E-state index is 12.6. The lowest BCUT2D eigenvalue weighted by Crippen LogP contribution is -2.50. The number of rotatable bonds is 4. The smallest absolute Gasteiger partial charge is 0.251 e. The van der Waals surface area contributed by atoms with Crippen LogP contribution in [0.15, 0.2) is 48.5 Å². The van der Waals surface area contributed by atoms with Gasteiger partial charge in [-0.25, -0.2) is 0 Å². The van der Waals surface area contributed by atoms with Crippen molar-refractivity contribution >= 4 is 11.8 Å². The summed E-state index contributed by atoms with van der Waals surface area (Å²) in [4.78, 5) is 26.8. The molecule has 2 amide bonds. The minimum Gasteiger partial charge on any atom is -0.348 e. The van der Waals surface area contributed by atoms with Crippen molar-refractivity contribution in [2.45, 2.75) is 31.7 Å². The first-order chi connectivity index (χ1) is 13.6. The van der Waals surface area contributed by atoms with Gasteiger partial charge < -0.3 is 10.2 Å².